The van der Waals surface area contributed by atoms with Gasteiger partial charge in [0.05, 0.1) is 5.56 Å². The summed E-state index contributed by atoms with van der Waals surface area (Å²) in [4.78, 5) is 30.8. The second-order valence-corrected chi connectivity index (χ2v) is 12.2. The molecule has 0 bridgehead atoms. The summed E-state index contributed by atoms with van der Waals surface area (Å²) in [5, 5.41) is 3.51. The van der Waals surface area contributed by atoms with Crippen LogP contribution in [0.2, 0.25) is 0 Å². The quantitative estimate of drug-likeness (QED) is 0.485. The number of nitrogens with one attached hydrogen (secondary N) is 1. The Morgan fingerprint density at radius 2 is 1.94 bits per heavy atom. The standard InChI is InChI=1S/C27H33ClF3N3O2/c1-25-10-8-19-17(13-20(28)24-26(19,2)11-9-23(36)34(24)3)18(25)6-4-15(25)12-22(35)33-21-7-5-16(14-32-21)27(29,30)31/h5,7,14-15,17-19H,4,6,8-13H2,1-3H3,(H,32,33,35)/t15-,17?,18+,19?,25-,26-/m1/s1. The zero-order valence-electron chi connectivity index (χ0n) is 20.9. The van der Waals surface area contributed by atoms with Gasteiger partial charge in [-0.25, -0.2) is 4.98 Å². The van der Waals surface area contributed by atoms with Crippen molar-refractivity contribution in [2.45, 2.75) is 71.4 Å². The number of carbonyl (C=O) groups is 2. The van der Waals surface area contributed by atoms with Crippen LogP contribution in [-0.2, 0) is 15.8 Å². The number of rotatable bonds is 3. The van der Waals surface area contributed by atoms with Crippen molar-refractivity contribution >= 4 is 29.2 Å². The first-order valence-corrected chi connectivity index (χ1v) is 13.2. The number of pyridine rings is 1. The van der Waals surface area contributed by atoms with E-state index in [-0.39, 0.29) is 34.4 Å². The molecule has 1 saturated heterocycles. The Labute approximate surface area is 214 Å². The fraction of sp³-hybridized carbons (Fsp3) is 0.667. The number of likely N-dealkylation sites (tertiary alicyclic amines) is 1. The van der Waals surface area contributed by atoms with Crippen molar-refractivity contribution < 1.29 is 22.8 Å². The van der Waals surface area contributed by atoms with Gasteiger partial charge in [0.25, 0.3) is 0 Å². The van der Waals surface area contributed by atoms with Gasteiger partial charge in [0.2, 0.25) is 11.8 Å². The summed E-state index contributed by atoms with van der Waals surface area (Å²) in [5.74, 6) is 1.60. The van der Waals surface area contributed by atoms with Crippen molar-refractivity contribution in [1.82, 2.24) is 9.88 Å². The smallest absolute Gasteiger partial charge is 0.318 e. The van der Waals surface area contributed by atoms with Gasteiger partial charge in [-0.05, 0) is 79.7 Å². The van der Waals surface area contributed by atoms with Crippen LogP contribution in [0.3, 0.4) is 0 Å². The van der Waals surface area contributed by atoms with Gasteiger partial charge in [-0.2, -0.15) is 13.2 Å². The Hall–Kier alpha value is -2.09. The molecule has 9 heteroatoms. The van der Waals surface area contributed by atoms with Gasteiger partial charge in [-0.15, -0.1) is 0 Å². The average molecular weight is 524 g/mol. The molecule has 0 radical (unpaired) electrons. The van der Waals surface area contributed by atoms with E-state index < -0.39 is 11.7 Å². The van der Waals surface area contributed by atoms with Crippen LogP contribution in [0.5, 0.6) is 0 Å². The maximum absolute atomic E-state index is 12.9. The fourth-order valence-electron chi connectivity index (χ4n) is 8.18. The molecule has 2 saturated carbocycles. The number of amides is 2. The fourth-order valence-corrected chi connectivity index (χ4v) is 8.70. The molecule has 1 aromatic rings. The molecule has 196 valence electrons. The highest BCUT2D eigenvalue weighted by atomic mass is 35.5. The number of fused-ring (bicyclic) bond motifs is 5. The molecule has 5 nitrogen and oxygen atoms in total. The minimum atomic E-state index is -4.46. The summed E-state index contributed by atoms with van der Waals surface area (Å²) in [6.45, 7) is 4.59. The second-order valence-electron chi connectivity index (χ2n) is 11.7. The highest BCUT2D eigenvalue weighted by Crippen LogP contribution is 2.67. The van der Waals surface area contributed by atoms with E-state index in [2.05, 4.69) is 24.1 Å². The number of halogens is 4. The summed E-state index contributed by atoms with van der Waals surface area (Å²) < 4.78 is 38.4. The van der Waals surface area contributed by atoms with Gasteiger partial charge in [0, 0.05) is 42.2 Å². The van der Waals surface area contributed by atoms with Crippen LogP contribution in [0.4, 0.5) is 19.0 Å². The lowest BCUT2D eigenvalue weighted by molar-refractivity contribution is -0.138. The largest absolute Gasteiger partial charge is 0.417 e. The molecule has 0 spiro atoms. The highest BCUT2D eigenvalue weighted by molar-refractivity contribution is 6.30. The Kier molecular flexibility index (Phi) is 6.21. The van der Waals surface area contributed by atoms with E-state index in [4.69, 9.17) is 11.6 Å². The van der Waals surface area contributed by atoms with Gasteiger partial charge >= 0.3 is 6.18 Å². The first-order chi connectivity index (χ1) is 16.8. The number of hydrogen-bond donors (Lipinski definition) is 1. The molecule has 1 aliphatic heterocycles. The van der Waals surface area contributed by atoms with Crippen molar-refractivity contribution in [3.63, 3.8) is 0 Å². The molecule has 1 N–H and O–H groups in total. The molecule has 6 atom stereocenters. The van der Waals surface area contributed by atoms with E-state index in [9.17, 15) is 22.8 Å². The Bertz CT molecular complexity index is 1100. The molecule has 4 aliphatic rings. The summed E-state index contributed by atoms with van der Waals surface area (Å²) in [7, 11) is 1.85. The lowest BCUT2D eigenvalue weighted by Crippen LogP contribution is -2.54. The Morgan fingerprint density at radius 1 is 1.19 bits per heavy atom. The first kappa shape index (κ1) is 25.6. The molecule has 5 rings (SSSR count). The van der Waals surface area contributed by atoms with Gasteiger partial charge in [-0.1, -0.05) is 25.4 Å². The summed E-state index contributed by atoms with van der Waals surface area (Å²) >= 11 is 6.89. The maximum Gasteiger partial charge on any atom is 0.417 e. The van der Waals surface area contributed by atoms with Crippen molar-refractivity contribution in [2.24, 2.45) is 34.5 Å². The van der Waals surface area contributed by atoms with E-state index in [1.807, 2.05) is 7.05 Å². The third-order valence-corrected chi connectivity index (χ3v) is 10.4. The Morgan fingerprint density at radius 3 is 2.61 bits per heavy atom. The predicted octanol–water partition coefficient (Wildman–Crippen LogP) is 6.60. The number of alkyl halides is 3. The monoisotopic (exact) mass is 523 g/mol. The molecular formula is C27H33ClF3N3O2. The average Bonchev–Trinajstić information content (AvgIpc) is 3.12. The minimum absolute atomic E-state index is 0.00744. The van der Waals surface area contributed by atoms with Gasteiger partial charge in [0.15, 0.2) is 0 Å². The van der Waals surface area contributed by atoms with E-state index in [1.54, 1.807) is 4.90 Å². The molecular weight excluding hydrogens is 491 g/mol. The third kappa shape index (κ3) is 4.04. The predicted molar refractivity (Wildman–Crippen MR) is 131 cm³/mol. The number of hydrogen-bond acceptors (Lipinski definition) is 3. The number of nitrogens with zero attached hydrogens (tertiary/aromatic N) is 2. The lowest BCUT2D eigenvalue weighted by atomic mass is 9.49. The molecule has 1 aromatic heterocycles. The van der Waals surface area contributed by atoms with Crippen molar-refractivity contribution in [3.05, 3.63) is 34.6 Å². The molecule has 3 aliphatic carbocycles. The minimum Gasteiger partial charge on any atom is -0.318 e. The van der Waals surface area contributed by atoms with Gasteiger partial charge in [-0.3, -0.25) is 9.59 Å². The number of anilines is 1. The number of aromatic nitrogens is 1. The maximum atomic E-state index is 12.9. The van der Waals surface area contributed by atoms with Crippen LogP contribution >= 0.6 is 11.6 Å². The van der Waals surface area contributed by atoms with E-state index in [0.29, 0.717) is 30.6 Å². The summed E-state index contributed by atoms with van der Waals surface area (Å²) in [6, 6.07) is 2.13. The van der Waals surface area contributed by atoms with E-state index in [1.165, 1.54) is 6.07 Å². The van der Waals surface area contributed by atoms with E-state index >= 15 is 0 Å². The zero-order valence-corrected chi connectivity index (χ0v) is 21.7. The van der Waals surface area contributed by atoms with Crippen LogP contribution in [0.25, 0.3) is 0 Å². The molecule has 2 heterocycles. The molecule has 2 unspecified atom stereocenters. The Balaban J connectivity index is 1.30. The normalized spacial score (nSPS) is 36.3. The second kappa shape index (κ2) is 8.74. The highest BCUT2D eigenvalue weighted by Gasteiger charge is 2.60. The van der Waals surface area contributed by atoms with Crippen LogP contribution in [0.1, 0.15) is 70.8 Å². The van der Waals surface area contributed by atoms with Crippen LogP contribution < -0.4 is 5.32 Å². The van der Waals surface area contributed by atoms with Crippen molar-refractivity contribution in [2.75, 3.05) is 12.4 Å². The van der Waals surface area contributed by atoms with Crippen molar-refractivity contribution in [3.8, 4) is 0 Å². The molecule has 0 aromatic carbocycles. The number of carbonyl (C=O) groups excluding carboxylic acids is 2. The topological polar surface area (TPSA) is 62.3 Å². The number of allylic oxidation sites excluding steroid dienone is 2. The van der Waals surface area contributed by atoms with Gasteiger partial charge < -0.3 is 10.2 Å². The van der Waals surface area contributed by atoms with Crippen molar-refractivity contribution in [1.29, 1.82) is 0 Å². The van der Waals surface area contributed by atoms with Gasteiger partial charge in [0.1, 0.15) is 5.82 Å². The van der Waals surface area contributed by atoms with Crippen LogP contribution in [0.15, 0.2) is 29.1 Å². The first-order valence-electron chi connectivity index (χ1n) is 12.8. The SMILES string of the molecule is CN1C(=O)CC[C@@]2(C)C1=C(Cl)CC1C2CC[C@]2(C)[C@@H](CC(=O)Nc3ccc(C(F)(F)F)cn3)CC[C@@H]12. The summed E-state index contributed by atoms with van der Waals surface area (Å²) in [5.41, 5.74) is 0.0819. The van der Waals surface area contributed by atoms with E-state index in [0.717, 1.165) is 61.5 Å². The van der Waals surface area contributed by atoms with Crippen LogP contribution in [0, 0.1) is 34.5 Å². The molecule has 3 fully saturated rings. The summed E-state index contributed by atoms with van der Waals surface area (Å²) in [6.07, 6.45) is 2.83. The number of piperidine rings is 1. The molecule has 2 amide bonds. The lowest BCUT2D eigenvalue weighted by Gasteiger charge is -2.59. The molecule has 36 heavy (non-hydrogen) atoms. The van der Waals surface area contributed by atoms with Crippen LogP contribution in [-0.4, -0.2) is 28.7 Å². The zero-order chi connectivity index (χ0) is 26.0. The third-order valence-electron chi connectivity index (χ3n) is 10.0.